The summed E-state index contributed by atoms with van der Waals surface area (Å²) in [4.78, 5) is 79.9. The highest BCUT2D eigenvalue weighted by Gasteiger charge is 2.48. The van der Waals surface area contributed by atoms with Crippen molar-refractivity contribution in [3.63, 3.8) is 0 Å². The number of likely N-dealkylation sites (N-methyl/N-ethyl adjacent to an activating group) is 4. The number of hydrogen-bond donors (Lipinski definition) is 6. The van der Waals surface area contributed by atoms with Crippen LogP contribution in [-0.2, 0) is 38.1 Å². The largest absolute Gasteiger partial charge is 0.396 e. The number of ether oxygens (including phenoxy) is 4. The molecule has 2 fully saturated rings. The maximum absolute atomic E-state index is 13.3. The van der Waals surface area contributed by atoms with Gasteiger partial charge in [0.1, 0.15) is 13.2 Å². The molecule has 2 saturated heterocycles. The molecule has 2 aliphatic rings. The van der Waals surface area contributed by atoms with Gasteiger partial charge in [-0.2, -0.15) is 0 Å². The van der Waals surface area contributed by atoms with Crippen molar-refractivity contribution in [2.75, 3.05) is 67.8 Å². The number of aliphatic hydroxyl groups excluding tert-OH is 4. The van der Waals surface area contributed by atoms with E-state index in [1.807, 2.05) is 0 Å². The number of ketones is 2. The van der Waals surface area contributed by atoms with E-state index in [0.717, 1.165) is 50.8 Å². The number of carbonyl (C=O) groups excluding carboxylic acids is 6. The van der Waals surface area contributed by atoms with E-state index < -0.39 is 71.1 Å². The SMILES string of the molecule is C#Cc1ccc([C@H](O)CCO)cc1.CNC(=O)[C@@](C)(C(=O)COC1CCCCO1)N(C)C(=O)c1ccc(C#Cc2ccc([C@H](O)CCO)cc2)cc1.CNC(=O)[C@@](C)(C(=O)COC1CCCCO1)N(C)C(=O)c1ccc(I)cc1. The summed E-state index contributed by atoms with van der Waals surface area (Å²) in [6.45, 7) is 3.22. The van der Waals surface area contributed by atoms with Crippen LogP contribution < -0.4 is 10.6 Å². The maximum Gasteiger partial charge on any atom is 0.254 e. The smallest absolute Gasteiger partial charge is 0.254 e. The lowest BCUT2D eigenvalue weighted by Crippen LogP contribution is -2.62. The summed E-state index contributed by atoms with van der Waals surface area (Å²) in [5.41, 5.74) is 0.923. The van der Waals surface area contributed by atoms with Gasteiger partial charge in [0.05, 0.1) is 12.2 Å². The molecule has 2 heterocycles. The first-order chi connectivity index (χ1) is 37.8. The van der Waals surface area contributed by atoms with Crippen molar-refractivity contribution < 1.29 is 68.1 Å². The van der Waals surface area contributed by atoms with Crippen LogP contribution in [0.3, 0.4) is 0 Å². The van der Waals surface area contributed by atoms with Gasteiger partial charge in [-0.3, -0.25) is 28.8 Å². The highest BCUT2D eigenvalue weighted by molar-refractivity contribution is 14.1. The van der Waals surface area contributed by atoms with Crippen LogP contribution in [0.4, 0.5) is 0 Å². The van der Waals surface area contributed by atoms with Crippen LogP contribution in [0.25, 0.3) is 0 Å². The van der Waals surface area contributed by atoms with Crippen molar-refractivity contribution >= 4 is 57.8 Å². The minimum absolute atomic E-state index is 0.0158. The molecule has 6 rings (SSSR count). The van der Waals surface area contributed by atoms with Crippen LogP contribution >= 0.6 is 22.6 Å². The molecule has 2 aliphatic heterocycles. The first-order valence-corrected chi connectivity index (χ1v) is 27.0. The molecule has 0 saturated carbocycles. The molecule has 0 aliphatic carbocycles. The summed E-state index contributed by atoms with van der Waals surface area (Å²) in [7, 11) is 5.71. The van der Waals surface area contributed by atoms with Crippen molar-refractivity contribution in [1.82, 2.24) is 20.4 Å². The number of hydrogen-bond acceptors (Lipinski definition) is 14. The predicted molar refractivity (Wildman–Crippen MR) is 304 cm³/mol. The zero-order valence-corrected chi connectivity index (χ0v) is 47.8. The minimum Gasteiger partial charge on any atom is -0.396 e. The van der Waals surface area contributed by atoms with Crippen molar-refractivity contribution in [2.24, 2.45) is 0 Å². The summed E-state index contributed by atoms with van der Waals surface area (Å²) >= 11 is 2.14. The molecular formula is C60H73IN4O14. The Morgan fingerprint density at radius 2 is 0.975 bits per heavy atom. The van der Waals surface area contributed by atoms with E-state index in [-0.39, 0.29) is 32.8 Å². The fourth-order valence-electron chi connectivity index (χ4n) is 8.12. The number of rotatable bonds is 20. The zero-order chi connectivity index (χ0) is 58.1. The van der Waals surface area contributed by atoms with Crippen molar-refractivity contribution in [1.29, 1.82) is 0 Å². The highest BCUT2D eigenvalue weighted by Crippen LogP contribution is 2.24. The minimum atomic E-state index is -1.78. The second-order valence-corrected chi connectivity index (χ2v) is 20.1. The number of nitrogens with one attached hydrogen (secondary N) is 2. The molecule has 4 aromatic carbocycles. The van der Waals surface area contributed by atoms with Gasteiger partial charge < -0.3 is 59.8 Å². The number of amides is 4. The third-order valence-corrected chi connectivity index (χ3v) is 14.3. The van der Waals surface area contributed by atoms with Crippen LogP contribution in [0, 0.1) is 27.8 Å². The van der Waals surface area contributed by atoms with Gasteiger partial charge in [-0.15, -0.1) is 6.42 Å². The number of terminal acetylenes is 1. The van der Waals surface area contributed by atoms with Crippen LogP contribution in [0.15, 0.2) is 97.1 Å². The van der Waals surface area contributed by atoms with E-state index in [9.17, 15) is 39.0 Å². The second kappa shape index (κ2) is 32.6. The predicted octanol–water partition coefficient (Wildman–Crippen LogP) is 5.26. The van der Waals surface area contributed by atoms with Gasteiger partial charge in [0.25, 0.3) is 23.6 Å². The van der Waals surface area contributed by atoms with Gasteiger partial charge in [-0.05, 0) is 159 Å². The molecule has 19 heteroatoms. The Kier molecular flexibility index (Phi) is 26.9. The number of benzene rings is 4. The fraction of sp³-hybridized carbons (Fsp3) is 0.433. The first kappa shape index (κ1) is 65.2. The Balaban J connectivity index is 0.000000289. The lowest BCUT2D eigenvalue weighted by Gasteiger charge is -2.36. The zero-order valence-electron chi connectivity index (χ0n) is 45.7. The van der Waals surface area contributed by atoms with E-state index >= 15 is 0 Å². The lowest BCUT2D eigenvalue weighted by atomic mass is 9.92. The molecule has 18 nitrogen and oxygen atoms in total. The molecule has 79 heavy (non-hydrogen) atoms. The Labute approximate surface area is 476 Å². The van der Waals surface area contributed by atoms with Crippen LogP contribution in [0.1, 0.15) is 126 Å². The van der Waals surface area contributed by atoms with Gasteiger partial charge in [-0.1, -0.05) is 42.0 Å². The third-order valence-electron chi connectivity index (χ3n) is 13.6. The summed E-state index contributed by atoms with van der Waals surface area (Å²) in [5, 5.41) is 42.0. The first-order valence-electron chi connectivity index (χ1n) is 25.9. The number of aliphatic hydroxyl groups is 4. The molecule has 0 bridgehead atoms. The van der Waals surface area contributed by atoms with Gasteiger partial charge >= 0.3 is 0 Å². The van der Waals surface area contributed by atoms with E-state index in [4.69, 9.17) is 35.6 Å². The molecule has 2 unspecified atom stereocenters. The molecule has 6 N–H and O–H groups in total. The van der Waals surface area contributed by atoms with Crippen molar-refractivity contribution in [3.05, 3.63) is 140 Å². The summed E-state index contributed by atoms with van der Waals surface area (Å²) in [6.07, 6.45) is 8.73. The Bertz CT molecular complexity index is 2730. The van der Waals surface area contributed by atoms with E-state index in [1.54, 1.807) is 97.1 Å². The Hall–Kier alpha value is -6.37. The lowest BCUT2D eigenvalue weighted by molar-refractivity contribution is -0.174. The normalized spacial score (nSPS) is 17.0. The highest BCUT2D eigenvalue weighted by atomic mass is 127. The topological polar surface area (TPSA) is 251 Å². The molecule has 0 radical (unpaired) electrons. The van der Waals surface area contributed by atoms with Crippen LogP contribution in [0.2, 0.25) is 0 Å². The molecule has 4 amide bonds. The van der Waals surface area contributed by atoms with E-state index in [0.29, 0.717) is 54.7 Å². The average Bonchev–Trinajstić information content (AvgIpc) is 3.54. The van der Waals surface area contributed by atoms with E-state index in [1.165, 1.54) is 46.9 Å². The molecule has 0 aromatic heterocycles. The van der Waals surface area contributed by atoms with Crippen LogP contribution in [-0.4, -0.2) is 157 Å². The number of halogens is 1. The molecule has 424 valence electrons. The quantitative estimate of drug-likeness (QED) is 0.0376. The second-order valence-electron chi connectivity index (χ2n) is 18.9. The van der Waals surface area contributed by atoms with Crippen molar-refractivity contribution in [2.45, 2.75) is 101 Å². The van der Waals surface area contributed by atoms with Gasteiger partial charge in [0.2, 0.25) is 0 Å². The monoisotopic (exact) mass is 1200 g/mol. The van der Waals surface area contributed by atoms with Gasteiger partial charge in [-0.25, -0.2) is 0 Å². The molecule has 4 aromatic rings. The maximum atomic E-state index is 13.3. The number of nitrogens with zero attached hydrogens (tertiary/aromatic N) is 2. The third kappa shape index (κ3) is 18.6. The standard InChI is InChI=1S/C30H36N2O7.C19H25IN2O5.C11H12O2/c1-30(29(37)31-2,26(35)20-39-27-6-4-5-19-38-27)32(3)28(36)24-15-11-22(12-16-24)8-7-21-9-13-23(14-10-21)25(34)17-18-33;1-19(18(25)21-2,15(23)12-27-16-6-4-5-11-26-16)22(3)17(24)13-7-9-14(20)10-8-13;1-2-9-3-5-10(6-4-9)11(13)7-8-12/h9-16,25,27,33-34H,4-6,17-20H2,1-3H3,(H,31,37);7-10,16H,4-6,11-12H2,1-3H3,(H,21,25);1,3-6,11-13H,7-8H2/t25-,27?,30-;16?,19-;11-/m111/s1. The van der Waals surface area contributed by atoms with Gasteiger partial charge in [0, 0.05) is 98.8 Å². The Morgan fingerprint density at radius 1 is 0.620 bits per heavy atom. The van der Waals surface area contributed by atoms with Crippen molar-refractivity contribution in [3.8, 4) is 24.2 Å². The fourth-order valence-corrected chi connectivity index (χ4v) is 8.48. The average molecular weight is 1200 g/mol. The molecule has 0 spiro atoms. The molecule has 6 atom stereocenters. The Morgan fingerprint density at radius 3 is 1.30 bits per heavy atom. The van der Waals surface area contributed by atoms with Gasteiger partial charge in [0.15, 0.2) is 35.2 Å². The summed E-state index contributed by atoms with van der Waals surface area (Å²) < 4.78 is 23.1. The van der Waals surface area contributed by atoms with E-state index in [2.05, 4.69) is 51.0 Å². The molecular weight excluding hydrogens is 1130 g/mol. The summed E-state index contributed by atoms with van der Waals surface area (Å²) in [6, 6.07) is 27.7. The number of Topliss-reactive ketones (excluding diaryl/α,β-unsaturated/α-hetero) is 2. The summed E-state index contributed by atoms with van der Waals surface area (Å²) in [5.74, 6) is 5.40. The van der Waals surface area contributed by atoms with Crippen LogP contribution in [0.5, 0.6) is 0 Å². The number of carbonyl (C=O) groups is 6.